The molecule has 0 saturated carbocycles. The largest absolute Gasteiger partial charge is 0.489 e. The summed E-state index contributed by atoms with van der Waals surface area (Å²) in [5.41, 5.74) is 5.09. The second-order valence-corrected chi connectivity index (χ2v) is 7.95. The first-order valence-corrected chi connectivity index (χ1v) is 10.3. The predicted molar refractivity (Wildman–Crippen MR) is 121 cm³/mol. The Morgan fingerprint density at radius 3 is 2.62 bits per heavy atom. The van der Waals surface area contributed by atoms with Crippen LogP contribution < -0.4 is 10.2 Å². The molecule has 0 aliphatic heterocycles. The molecule has 0 aliphatic rings. The van der Waals surface area contributed by atoms with Gasteiger partial charge in [0, 0.05) is 20.1 Å². The molecule has 0 atom stereocenters. The number of benzene rings is 3. The van der Waals surface area contributed by atoms with Gasteiger partial charge in [-0.2, -0.15) is 5.10 Å². The Morgan fingerprint density at radius 2 is 1.86 bits per heavy atom. The Kier molecular flexibility index (Phi) is 7.69. The standard InChI is InChI=1S/C22H17BrCl2N2O2/c23-18-7-4-15(5-8-18)11-22(28)27-26-13-16-2-1-3-20(10-16)29-14-17-6-9-19(24)12-21(17)25/h1-10,12-13H,11,14H2,(H,27,28)/b26-13+. The van der Waals surface area contributed by atoms with Crippen LogP contribution in [0.2, 0.25) is 10.0 Å². The van der Waals surface area contributed by atoms with Gasteiger partial charge < -0.3 is 4.74 Å². The fourth-order valence-electron chi connectivity index (χ4n) is 2.49. The van der Waals surface area contributed by atoms with Crippen molar-refractivity contribution in [2.24, 2.45) is 5.10 Å². The molecule has 0 unspecified atom stereocenters. The van der Waals surface area contributed by atoms with Crippen molar-refractivity contribution < 1.29 is 9.53 Å². The van der Waals surface area contributed by atoms with E-state index in [4.69, 9.17) is 27.9 Å². The van der Waals surface area contributed by atoms with E-state index < -0.39 is 0 Å². The van der Waals surface area contributed by atoms with Gasteiger partial charge in [-0.25, -0.2) is 5.43 Å². The van der Waals surface area contributed by atoms with Gasteiger partial charge in [0.2, 0.25) is 5.91 Å². The van der Waals surface area contributed by atoms with Gasteiger partial charge in [-0.05, 0) is 47.5 Å². The molecule has 0 radical (unpaired) electrons. The molecular formula is C22H17BrCl2N2O2. The number of ether oxygens (including phenoxy) is 1. The lowest BCUT2D eigenvalue weighted by molar-refractivity contribution is -0.120. The summed E-state index contributed by atoms with van der Waals surface area (Å²) in [7, 11) is 0. The first-order valence-electron chi connectivity index (χ1n) is 8.73. The van der Waals surface area contributed by atoms with Gasteiger partial charge in [-0.1, -0.05) is 69.5 Å². The SMILES string of the molecule is O=C(Cc1ccc(Br)cc1)N/N=C/c1cccc(OCc2ccc(Cl)cc2Cl)c1. The topological polar surface area (TPSA) is 50.7 Å². The summed E-state index contributed by atoms with van der Waals surface area (Å²) < 4.78 is 6.76. The maximum atomic E-state index is 12.0. The predicted octanol–water partition coefficient (Wildman–Crippen LogP) is 6.03. The third kappa shape index (κ3) is 6.89. The molecule has 0 bridgehead atoms. The van der Waals surface area contributed by atoms with Crippen LogP contribution in [0.15, 0.2) is 76.3 Å². The Morgan fingerprint density at radius 1 is 1.07 bits per heavy atom. The van der Waals surface area contributed by atoms with Crippen LogP contribution in [-0.2, 0) is 17.8 Å². The number of nitrogens with one attached hydrogen (secondary N) is 1. The summed E-state index contributed by atoms with van der Waals surface area (Å²) in [4.78, 5) is 12.0. The first-order chi connectivity index (χ1) is 14.0. The summed E-state index contributed by atoms with van der Waals surface area (Å²) in [5.74, 6) is 0.481. The van der Waals surface area contributed by atoms with Crippen molar-refractivity contribution in [1.29, 1.82) is 0 Å². The fourth-order valence-corrected chi connectivity index (χ4v) is 3.22. The molecule has 148 valence electrons. The lowest BCUT2D eigenvalue weighted by Crippen LogP contribution is -2.19. The van der Waals surface area contributed by atoms with E-state index in [1.165, 1.54) is 0 Å². The number of hydrogen-bond donors (Lipinski definition) is 1. The molecule has 0 heterocycles. The molecule has 0 aliphatic carbocycles. The molecule has 0 aromatic heterocycles. The van der Waals surface area contributed by atoms with E-state index in [-0.39, 0.29) is 12.3 Å². The number of carbonyl (C=O) groups is 1. The Bertz CT molecular complexity index is 1020. The highest BCUT2D eigenvalue weighted by atomic mass is 79.9. The van der Waals surface area contributed by atoms with Crippen molar-refractivity contribution in [2.45, 2.75) is 13.0 Å². The average Bonchev–Trinajstić information content (AvgIpc) is 2.69. The summed E-state index contributed by atoms with van der Waals surface area (Å²) in [6, 6.07) is 20.2. The number of hydrogen-bond acceptors (Lipinski definition) is 3. The lowest BCUT2D eigenvalue weighted by Gasteiger charge is -2.08. The zero-order valence-electron chi connectivity index (χ0n) is 15.2. The molecule has 0 saturated heterocycles. The molecule has 7 heteroatoms. The molecule has 3 aromatic rings. The number of amides is 1. The Hall–Kier alpha value is -2.34. The van der Waals surface area contributed by atoms with Crippen LogP contribution in [0, 0.1) is 0 Å². The number of nitrogens with zero attached hydrogens (tertiary/aromatic N) is 1. The van der Waals surface area contributed by atoms with Gasteiger partial charge in [0.15, 0.2) is 0 Å². The molecule has 0 fully saturated rings. The van der Waals surface area contributed by atoms with Crippen molar-refractivity contribution in [3.05, 3.63) is 97.9 Å². The highest BCUT2D eigenvalue weighted by molar-refractivity contribution is 9.10. The summed E-state index contributed by atoms with van der Waals surface area (Å²) in [6.45, 7) is 0.320. The van der Waals surface area contributed by atoms with Crippen LogP contribution in [-0.4, -0.2) is 12.1 Å². The minimum absolute atomic E-state index is 0.187. The van der Waals surface area contributed by atoms with Crippen LogP contribution >= 0.6 is 39.1 Å². The second kappa shape index (κ2) is 10.4. The molecular weight excluding hydrogens is 475 g/mol. The van der Waals surface area contributed by atoms with E-state index in [0.29, 0.717) is 22.4 Å². The van der Waals surface area contributed by atoms with Gasteiger partial charge in [-0.3, -0.25) is 4.79 Å². The minimum Gasteiger partial charge on any atom is -0.489 e. The van der Waals surface area contributed by atoms with E-state index in [1.54, 1.807) is 18.3 Å². The third-order valence-electron chi connectivity index (χ3n) is 3.95. The zero-order chi connectivity index (χ0) is 20.6. The number of carbonyl (C=O) groups excluding carboxylic acids is 1. The molecule has 1 amide bonds. The van der Waals surface area contributed by atoms with Gasteiger partial charge in [-0.15, -0.1) is 0 Å². The molecule has 0 spiro atoms. The van der Waals surface area contributed by atoms with E-state index in [9.17, 15) is 4.79 Å². The maximum Gasteiger partial charge on any atom is 0.244 e. The van der Waals surface area contributed by atoms with Gasteiger partial charge in [0.1, 0.15) is 12.4 Å². The molecule has 29 heavy (non-hydrogen) atoms. The Labute approximate surface area is 187 Å². The van der Waals surface area contributed by atoms with Crippen LogP contribution in [0.5, 0.6) is 5.75 Å². The third-order valence-corrected chi connectivity index (χ3v) is 5.06. The number of rotatable bonds is 7. The van der Waals surface area contributed by atoms with Crippen molar-refractivity contribution in [3.8, 4) is 5.75 Å². The van der Waals surface area contributed by atoms with Crippen LogP contribution in [0.3, 0.4) is 0 Å². The number of halogens is 3. The van der Waals surface area contributed by atoms with Gasteiger partial charge >= 0.3 is 0 Å². The summed E-state index contributed by atoms with van der Waals surface area (Å²) in [5, 5.41) is 5.15. The van der Waals surface area contributed by atoms with Gasteiger partial charge in [0.05, 0.1) is 12.6 Å². The highest BCUT2D eigenvalue weighted by Crippen LogP contribution is 2.23. The smallest absolute Gasteiger partial charge is 0.244 e. The van der Waals surface area contributed by atoms with E-state index in [2.05, 4.69) is 26.5 Å². The second-order valence-electron chi connectivity index (χ2n) is 6.19. The van der Waals surface area contributed by atoms with Crippen LogP contribution in [0.4, 0.5) is 0 Å². The van der Waals surface area contributed by atoms with Crippen molar-refractivity contribution in [2.75, 3.05) is 0 Å². The lowest BCUT2D eigenvalue weighted by atomic mass is 10.1. The van der Waals surface area contributed by atoms with E-state index >= 15 is 0 Å². The van der Waals surface area contributed by atoms with Gasteiger partial charge in [0.25, 0.3) is 0 Å². The molecule has 4 nitrogen and oxygen atoms in total. The van der Waals surface area contributed by atoms with Crippen LogP contribution in [0.1, 0.15) is 16.7 Å². The maximum absolute atomic E-state index is 12.0. The van der Waals surface area contributed by atoms with Crippen molar-refractivity contribution in [3.63, 3.8) is 0 Å². The molecule has 3 rings (SSSR count). The highest BCUT2D eigenvalue weighted by Gasteiger charge is 2.04. The summed E-state index contributed by atoms with van der Waals surface area (Å²) >= 11 is 15.4. The minimum atomic E-state index is -0.187. The van der Waals surface area contributed by atoms with Crippen molar-refractivity contribution in [1.82, 2.24) is 5.43 Å². The average molecular weight is 492 g/mol. The molecule has 3 aromatic carbocycles. The summed E-state index contributed by atoms with van der Waals surface area (Å²) in [6.07, 6.45) is 1.83. The molecule has 1 N–H and O–H groups in total. The zero-order valence-corrected chi connectivity index (χ0v) is 18.3. The fraction of sp³-hybridized carbons (Fsp3) is 0.0909. The monoisotopic (exact) mass is 490 g/mol. The van der Waals surface area contributed by atoms with Crippen molar-refractivity contribution >= 4 is 51.3 Å². The Balaban J connectivity index is 1.53. The normalized spacial score (nSPS) is 10.9. The van der Waals surface area contributed by atoms with E-state index in [0.717, 1.165) is 21.2 Å². The van der Waals surface area contributed by atoms with Crippen LogP contribution in [0.25, 0.3) is 0 Å². The quantitative estimate of drug-likeness (QED) is 0.324. The number of hydrazone groups is 1. The van der Waals surface area contributed by atoms with E-state index in [1.807, 2.05) is 54.6 Å². The first kappa shape index (κ1) is 21.4.